The van der Waals surface area contributed by atoms with Crippen molar-refractivity contribution < 1.29 is 22.3 Å². The van der Waals surface area contributed by atoms with Crippen LogP contribution >= 0.6 is 0 Å². The number of hydrogen-bond acceptors (Lipinski definition) is 4. The third-order valence-corrected chi connectivity index (χ3v) is 5.27. The first-order chi connectivity index (χ1) is 13.4. The molecule has 8 heteroatoms. The SMILES string of the molecule is COc1ccc(NC(=O)c2ccccc2NS(=O)(=O)c2ccc(F)cc2)cc1. The fraction of sp³-hybridized carbons (Fsp3) is 0.0500. The van der Waals surface area contributed by atoms with Gasteiger partial charge in [-0.25, -0.2) is 12.8 Å². The van der Waals surface area contributed by atoms with E-state index in [1.807, 2.05) is 0 Å². The van der Waals surface area contributed by atoms with Gasteiger partial charge in [0.2, 0.25) is 0 Å². The minimum atomic E-state index is -3.98. The molecule has 1 amide bonds. The van der Waals surface area contributed by atoms with Gasteiger partial charge in [-0.3, -0.25) is 9.52 Å². The zero-order valence-electron chi connectivity index (χ0n) is 14.8. The Morgan fingerprint density at radius 2 is 1.57 bits per heavy atom. The van der Waals surface area contributed by atoms with E-state index in [1.165, 1.54) is 19.2 Å². The van der Waals surface area contributed by atoms with Crippen LogP contribution in [0.2, 0.25) is 0 Å². The molecular weight excluding hydrogens is 383 g/mol. The second kappa shape index (κ2) is 8.10. The van der Waals surface area contributed by atoms with Crippen molar-refractivity contribution in [2.24, 2.45) is 0 Å². The molecule has 3 aromatic carbocycles. The van der Waals surface area contributed by atoms with E-state index in [1.54, 1.807) is 36.4 Å². The Kier molecular flexibility index (Phi) is 5.60. The van der Waals surface area contributed by atoms with Crippen LogP contribution in [0.1, 0.15) is 10.4 Å². The van der Waals surface area contributed by atoms with E-state index in [2.05, 4.69) is 10.0 Å². The zero-order chi connectivity index (χ0) is 20.1. The maximum Gasteiger partial charge on any atom is 0.261 e. The first-order valence-corrected chi connectivity index (χ1v) is 9.70. The van der Waals surface area contributed by atoms with Gasteiger partial charge in [0, 0.05) is 5.69 Å². The van der Waals surface area contributed by atoms with E-state index >= 15 is 0 Å². The molecule has 2 N–H and O–H groups in total. The highest BCUT2D eigenvalue weighted by atomic mass is 32.2. The second-order valence-corrected chi connectivity index (χ2v) is 7.47. The molecule has 0 bridgehead atoms. The van der Waals surface area contributed by atoms with Gasteiger partial charge in [-0.05, 0) is 60.7 Å². The third-order valence-electron chi connectivity index (χ3n) is 3.89. The number of nitrogens with one attached hydrogen (secondary N) is 2. The van der Waals surface area contributed by atoms with E-state index in [9.17, 15) is 17.6 Å². The van der Waals surface area contributed by atoms with Crippen molar-refractivity contribution in [1.29, 1.82) is 0 Å². The number of carbonyl (C=O) groups excluding carboxylic acids is 1. The summed E-state index contributed by atoms with van der Waals surface area (Å²) in [6, 6.07) is 17.3. The van der Waals surface area contributed by atoms with Crippen LogP contribution in [-0.4, -0.2) is 21.4 Å². The standard InChI is InChI=1S/C20H17FN2O4S/c1-27-16-10-8-15(9-11-16)22-20(24)18-4-2-3-5-19(18)23-28(25,26)17-12-6-14(21)7-13-17/h2-13,23H,1H3,(H,22,24). The molecule has 0 spiro atoms. The first kappa shape index (κ1) is 19.4. The lowest BCUT2D eigenvalue weighted by Gasteiger charge is -2.13. The summed E-state index contributed by atoms with van der Waals surface area (Å²) >= 11 is 0. The van der Waals surface area contributed by atoms with Crippen molar-refractivity contribution in [3.63, 3.8) is 0 Å². The molecule has 0 heterocycles. The molecule has 6 nitrogen and oxygen atoms in total. The van der Waals surface area contributed by atoms with Gasteiger partial charge in [-0.2, -0.15) is 0 Å². The van der Waals surface area contributed by atoms with Gasteiger partial charge in [0.05, 0.1) is 23.3 Å². The molecule has 0 atom stereocenters. The largest absolute Gasteiger partial charge is 0.497 e. The van der Waals surface area contributed by atoms with Crippen LogP contribution in [0.3, 0.4) is 0 Å². The predicted octanol–water partition coefficient (Wildman–Crippen LogP) is 3.89. The number of para-hydroxylation sites is 1. The molecular formula is C20H17FN2O4S. The van der Waals surface area contributed by atoms with Crippen LogP contribution in [0.15, 0.2) is 77.7 Å². The summed E-state index contributed by atoms with van der Waals surface area (Å²) in [6.45, 7) is 0. The molecule has 0 unspecified atom stereocenters. The quantitative estimate of drug-likeness (QED) is 0.658. The molecule has 3 aromatic rings. The number of rotatable bonds is 6. The second-order valence-electron chi connectivity index (χ2n) is 5.79. The number of methoxy groups -OCH3 is 1. The average molecular weight is 400 g/mol. The lowest BCUT2D eigenvalue weighted by Crippen LogP contribution is -2.18. The molecule has 144 valence electrons. The molecule has 0 radical (unpaired) electrons. The third kappa shape index (κ3) is 4.47. The highest BCUT2D eigenvalue weighted by Crippen LogP contribution is 2.22. The lowest BCUT2D eigenvalue weighted by molar-refractivity contribution is 0.102. The number of amides is 1. The summed E-state index contributed by atoms with van der Waals surface area (Å²) in [5.41, 5.74) is 0.781. The Labute approximate surface area is 162 Å². The van der Waals surface area contributed by atoms with Crippen molar-refractivity contribution >= 4 is 27.3 Å². The number of halogens is 1. The van der Waals surface area contributed by atoms with Crippen molar-refractivity contribution in [1.82, 2.24) is 0 Å². The molecule has 3 rings (SSSR count). The fourth-order valence-electron chi connectivity index (χ4n) is 2.46. The van der Waals surface area contributed by atoms with Gasteiger partial charge in [-0.1, -0.05) is 12.1 Å². The van der Waals surface area contributed by atoms with Gasteiger partial charge in [0.1, 0.15) is 11.6 Å². The van der Waals surface area contributed by atoms with Gasteiger partial charge in [-0.15, -0.1) is 0 Å². The van der Waals surface area contributed by atoms with Crippen LogP contribution in [-0.2, 0) is 10.0 Å². The van der Waals surface area contributed by atoms with Crippen LogP contribution in [0.4, 0.5) is 15.8 Å². The molecule has 0 fully saturated rings. The van der Waals surface area contributed by atoms with E-state index in [0.717, 1.165) is 24.3 Å². The molecule has 28 heavy (non-hydrogen) atoms. The zero-order valence-corrected chi connectivity index (χ0v) is 15.7. The Morgan fingerprint density at radius 3 is 2.21 bits per heavy atom. The van der Waals surface area contributed by atoms with Crippen molar-refractivity contribution in [3.8, 4) is 5.75 Å². The van der Waals surface area contributed by atoms with Crippen LogP contribution in [0.5, 0.6) is 5.75 Å². The Morgan fingerprint density at radius 1 is 0.929 bits per heavy atom. The van der Waals surface area contributed by atoms with Crippen LogP contribution in [0, 0.1) is 5.82 Å². The number of anilines is 2. The van der Waals surface area contributed by atoms with Crippen LogP contribution < -0.4 is 14.8 Å². The number of carbonyl (C=O) groups is 1. The van der Waals surface area contributed by atoms with E-state index in [4.69, 9.17) is 4.74 Å². The van der Waals surface area contributed by atoms with Crippen molar-refractivity contribution in [2.75, 3.05) is 17.1 Å². The summed E-state index contributed by atoms with van der Waals surface area (Å²) in [5.74, 6) is -0.383. The summed E-state index contributed by atoms with van der Waals surface area (Å²) in [4.78, 5) is 12.5. The number of ether oxygens (including phenoxy) is 1. The topological polar surface area (TPSA) is 84.5 Å². The van der Waals surface area contributed by atoms with Gasteiger partial charge >= 0.3 is 0 Å². The monoisotopic (exact) mass is 400 g/mol. The molecule has 0 saturated carbocycles. The summed E-state index contributed by atoms with van der Waals surface area (Å²) in [6.07, 6.45) is 0. The first-order valence-electron chi connectivity index (χ1n) is 8.22. The lowest BCUT2D eigenvalue weighted by atomic mass is 10.1. The highest BCUT2D eigenvalue weighted by Gasteiger charge is 2.18. The maximum absolute atomic E-state index is 13.1. The number of sulfonamides is 1. The summed E-state index contributed by atoms with van der Waals surface area (Å²) in [7, 11) is -2.44. The fourth-order valence-corrected chi connectivity index (χ4v) is 3.54. The summed E-state index contributed by atoms with van der Waals surface area (Å²) in [5, 5.41) is 2.70. The maximum atomic E-state index is 13.1. The van der Waals surface area contributed by atoms with E-state index < -0.39 is 21.7 Å². The van der Waals surface area contributed by atoms with Gasteiger partial charge in [0.15, 0.2) is 0 Å². The molecule has 0 aliphatic rings. The minimum absolute atomic E-state index is 0.109. The van der Waals surface area contributed by atoms with Crippen molar-refractivity contribution in [2.45, 2.75) is 4.90 Å². The van der Waals surface area contributed by atoms with Gasteiger partial charge in [0.25, 0.3) is 15.9 Å². The Balaban J connectivity index is 1.83. The molecule has 0 aliphatic heterocycles. The minimum Gasteiger partial charge on any atom is -0.497 e. The van der Waals surface area contributed by atoms with Crippen LogP contribution in [0.25, 0.3) is 0 Å². The Bertz CT molecular complexity index is 1080. The smallest absolute Gasteiger partial charge is 0.261 e. The Hall–Kier alpha value is -3.39. The molecule has 0 aromatic heterocycles. The molecule has 0 saturated heterocycles. The summed E-state index contributed by atoms with van der Waals surface area (Å²) < 4.78 is 45.6. The van der Waals surface area contributed by atoms with Gasteiger partial charge < -0.3 is 10.1 Å². The number of benzene rings is 3. The normalized spacial score (nSPS) is 10.9. The average Bonchev–Trinajstić information content (AvgIpc) is 2.69. The van der Waals surface area contributed by atoms with E-state index in [0.29, 0.717) is 11.4 Å². The predicted molar refractivity (Wildman–Crippen MR) is 105 cm³/mol. The highest BCUT2D eigenvalue weighted by molar-refractivity contribution is 7.92. The number of hydrogen-bond donors (Lipinski definition) is 2. The molecule has 0 aliphatic carbocycles. The van der Waals surface area contributed by atoms with Crippen molar-refractivity contribution in [3.05, 3.63) is 84.2 Å². The van der Waals surface area contributed by atoms with E-state index in [-0.39, 0.29) is 16.1 Å².